The highest BCUT2D eigenvalue weighted by Crippen LogP contribution is 2.37. The lowest BCUT2D eigenvalue weighted by Gasteiger charge is -2.38. The normalized spacial score (nSPS) is 33.7. The molecule has 2 aliphatic rings. The van der Waals surface area contributed by atoms with Crippen LogP contribution in [0.4, 0.5) is 0 Å². The van der Waals surface area contributed by atoms with Crippen molar-refractivity contribution in [3.8, 4) is 0 Å². The van der Waals surface area contributed by atoms with Crippen molar-refractivity contribution in [1.82, 2.24) is 5.32 Å². The summed E-state index contributed by atoms with van der Waals surface area (Å²) in [5.41, 5.74) is 2.95. The molecule has 1 heteroatoms. The van der Waals surface area contributed by atoms with Crippen LogP contribution in [0.25, 0.3) is 0 Å². The minimum atomic E-state index is 0.773. The maximum absolute atomic E-state index is 3.83. The Bertz CT molecular complexity index is 433. The summed E-state index contributed by atoms with van der Waals surface area (Å²) in [6.07, 6.45) is 8.48. The fourth-order valence-corrected chi connectivity index (χ4v) is 4.00. The summed E-state index contributed by atoms with van der Waals surface area (Å²) >= 11 is 0. The van der Waals surface area contributed by atoms with E-state index in [2.05, 4.69) is 43.4 Å². The van der Waals surface area contributed by atoms with Crippen LogP contribution in [0.2, 0.25) is 0 Å². The van der Waals surface area contributed by atoms with E-state index in [9.17, 15) is 0 Å². The van der Waals surface area contributed by atoms with E-state index in [0.717, 1.165) is 23.8 Å². The Balaban J connectivity index is 1.42. The lowest BCUT2D eigenvalue weighted by Crippen LogP contribution is -2.43. The molecule has 1 nitrogen and oxygen atoms in total. The highest BCUT2D eigenvalue weighted by Gasteiger charge is 2.31. The average Bonchev–Trinajstić information content (AvgIpc) is 2.39. The van der Waals surface area contributed by atoms with Gasteiger partial charge in [0.15, 0.2) is 0 Å². The van der Waals surface area contributed by atoms with E-state index in [4.69, 9.17) is 0 Å². The van der Waals surface area contributed by atoms with Crippen LogP contribution in [0, 0.1) is 18.8 Å². The van der Waals surface area contributed by atoms with Crippen LogP contribution in [-0.4, -0.2) is 12.6 Å². The molecule has 0 heterocycles. The number of hydrogen-bond acceptors (Lipinski definition) is 1. The van der Waals surface area contributed by atoms with Crippen LogP contribution >= 0.6 is 0 Å². The molecule has 2 saturated carbocycles. The standard InChI is InChI=1S/C19H29N/c1-14-6-5-9-16(10-14)18-11-19(12-18)20-13-17-8-4-3-7-15(17)2/h5-6,9-10,15,17-20H,3-4,7-8,11-13H2,1-2H3. The summed E-state index contributed by atoms with van der Waals surface area (Å²) in [7, 11) is 0. The second-order valence-corrected chi connectivity index (χ2v) is 7.21. The summed E-state index contributed by atoms with van der Waals surface area (Å²) in [6.45, 7) is 5.90. The zero-order chi connectivity index (χ0) is 13.9. The number of rotatable bonds is 4. The van der Waals surface area contributed by atoms with E-state index in [1.54, 1.807) is 5.56 Å². The van der Waals surface area contributed by atoms with E-state index >= 15 is 0 Å². The third-order valence-electron chi connectivity index (χ3n) is 5.61. The molecule has 2 atom stereocenters. The molecule has 0 aromatic heterocycles. The van der Waals surface area contributed by atoms with Gasteiger partial charge in [-0.2, -0.15) is 0 Å². The molecule has 0 aliphatic heterocycles. The SMILES string of the molecule is Cc1cccc(C2CC(NCC3CCCCC3C)C2)c1. The van der Waals surface area contributed by atoms with Gasteiger partial charge in [0.2, 0.25) is 0 Å². The molecule has 110 valence electrons. The molecule has 2 unspecified atom stereocenters. The minimum absolute atomic E-state index is 0.773. The Labute approximate surface area is 124 Å². The zero-order valence-corrected chi connectivity index (χ0v) is 13.1. The summed E-state index contributed by atoms with van der Waals surface area (Å²) in [5.74, 6) is 2.67. The van der Waals surface area contributed by atoms with E-state index in [1.165, 1.54) is 50.6 Å². The van der Waals surface area contributed by atoms with E-state index in [1.807, 2.05) is 0 Å². The van der Waals surface area contributed by atoms with Gasteiger partial charge in [0.05, 0.1) is 0 Å². The molecule has 3 rings (SSSR count). The smallest absolute Gasteiger partial charge is 0.00788 e. The monoisotopic (exact) mass is 271 g/mol. The molecular formula is C19H29N. The molecular weight excluding hydrogens is 242 g/mol. The summed E-state index contributed by atoms with van der Waals surface area (Å²) < 4.78 is 0. The molecule has 0 saturated heterocycles. The maximum atomic E-state index is 3.83. The Morgan fingerprint density at radius 2 is 1.95 bits per heavy atom. The zero-order valence-electron chi connectivity index (χ0n) is 13.1. The van der Waals surface area contributed by atoms with E-state index in [0.29, 0.717) is 0 Å². The summed E-state index contributed by atoms with van der Waals surface area (Å²) in [6, 6.07) is 9.84. The van der Waals surface area contributed by atoms with Crippen molar-refractivity contribution in [1.29, 1.82) is 0 Å². The average molecular weight is 271 g/mol. The van der Waals surface area contributed by atoms with Crippen molar-refractivity contribution in [3.05, 3.63) is 35.4 Å². The molecule has 1 N–H and O–H groups in total. The molecule has 2 fully saturated rings. The van der Waals surface area contributed by atoms with Crippen LogP contribution < -0.4 is 5.32 Å². The van der Waals surface area contributed by atoms with Crippen molar-refractivity contribution in [3.63, 3.8) is 0 Å². The van der Waals surface area contributed by atoms with Crippen LogP contribution in [0.15, 0.2) is 24.3 Å². The third kappa shape index (κ3) is 3.25. The molecule has 1 aromatic rings. The minimum Gasteiger partial charge on any atom is -0.314 e. The van der Waals surface area contributed by atoms with Crippen molar-refractivity contribution in [2.75, 3.05) is 6.54 Å². The van der Waals surface area contributed by atoms with Gasteiger partial charge in [-0.25, -0.2) is 0 Å². The molecule has 0 radical (unpaired) electrons. The van der Waals surface area contributed by atoms with Crippen LogP contribution in [0.3, 0.4) is 0 Å². The molecule has 0 bridgehead atoms. The summed E-state index contributed by atoms with van der Waals surface area (Å²) in [5, 5.41) is 3.83. The van der Waals surface area contributed by atoms with Gasteiger partial charge in [-0.05, 0) is 56.0 Å². The van der Waals surface area contributed by atoms with Gasteiger partial charge in [-0.3, -0.25) is 0 Å². The first-order chi connectivity index (χ1) is 9.72. The molecule has 20 heavy (non-hydrogen) atoms. The Morgan fingerprint density at radius 3 is 2.70 bits per heavy atom. The number of nitrogens with one attached hydrogen (secondary N) is 1. The lowest BCUT2D eigenvalue weighted by molar-refractivity contribution is 0.213. The van der Waals surface area contributed by atoms with Crippen molar-refractivity contribution < 1.29 is 0 Å². The highest BCUT2D eigenvalue weighted by atomic mass is 14.9. The van der Waals surface area contributed by atoms with Gasteiger partial charge >= 0.3 is 0 Å². The first-order valence-electron chi connectivity index (χ1n) is 8.52. The molecule has 2 aliphatic carbocycles. The first kappa shape index (κ1) is 14.1. The van der Waals surface area contributed by atoms with Crippen molar-refractivity contribution in [2.24, 2.45) is 11.8 Å². The second kappa shape index (κ2) is 6.30. The lowest BCUT2D eigenvalue weighted by atomic mass is 9.75. The Kier molecular flexibility index (Phi) is 4.45. The van der Waals surface area contributed by atoms with E-state index < -0.39 is 0 Å². The van der Waals surface area contributed by atoms with Crippen molar-refractivity contribution >= 4 is 0 Å². The number of aryl methyl sites for hydroxylation is 1. The topological polar surface area (TPSA) is 12.0 Å². The van der Waals surface area contributed by atoms with Crippen LogP contribution in [0.1, 0.15) is 62.5 Å². The Hall–Kier alpha value is -0.820. The van der Waals surface area contributed by atoms with Gasteiger partial charge in [0.1, 0.15) is 0 Å². The fourth-order valence-electron chi connectivity index (χ4n) is 4.00. The highest BCUT2D eigenvalue weighted by molar-refractivity contribution is 5.27. The number of hydrogen-bond donors (Lipinski definition) is 1. The Morgan fingerprint density at radius 1 is 1.15 bits per heavy atom. The van der Waals surface area contributed by atoms with Gasteiger partial charge < -0.3 is 5.32 Å². The fraction of sp³-hybridized carbons (Fsp3) is 0.684. The molecule has 1 aromatic carbocycles. The predicted molar refractivity (Wildman–Crippen MR) is 86.1 cm³/mol. The molecule has 0 amide bonds. The van der Waals surface area contributed by atoms with Crippen molar-refractivity contribution in [2.45, 2.75) is 64.3 Å². The van der Waals surface area contributed by atoms with E-state index in [-0.39, 0.29) is 0 Å². The van der Waals surface area contributed by atoms with Gasteiger partial charge in [-0.1, -0.05) is 56.0 Å². The van der Waals surface area contributed by atoms with Crippen LogP contribution in [0.5, 0.6) is 0 Å². The first-order valence-corrected chi connectivity index (χ1v) is 8.52. The third-order valence-corrected chi connectivity index (χ3v) is 5.61. The quantitative estimate of drug-likeness (QED) is 0.840. The largest absolute Gasteiger partial charge is 0.314 e. The van der Waals surface area contributed by atoms with Gasteiger partial charge in [0.25, 0.3) is 0 Å². The van der Waals surface area contributed by atoms with Gasteiger partial charge in [0, 0.05) is 6.04 Å². The van der Waals surface area contributed by atoms with Gasteiger partial charge in [-0.15, -0.1) is 0 Å². The molecule has 0 spiro atoms. The predicted octanol–water partition coefficient (Wildman–Crippen LogP) is 4.66. The summed E-state index contributed by atoms with van der Waals surface area (Å²) in [4.78, 5) is 0. The maximum Gasteiger partial charge on any atom is 0.00788 e. The number of benzene rings is 1. The second-order valence-electron chi connectivity index (χ2n) is 7.21. The van der Waals surface area contributed by atoms with Crippen LogP contribution in [-0.2, 0) is 0 Å².